The SMILES string of the molecule is O=C(NC(c1cccs1)c1cccs1)N[C@H]1C[C@H]2CC[C@H]1O2. The molecule has 2 aliphatic rings. The first-order chi connectivity index (χ1) is 10.8. The molecule has 2 fully saturated rings. The maximum absolute atomic E-state index is 12.4. The highest BCUT2D eigenvalue weighted by Crippen LogP contribution is 2.34. The summed E-state index contributed by atoms with van der Waals surface area (Å²) in [5, 5.41) is 10.3. The quantitative estimate of drug-likeness (QED) is 0.899. The molecule has 2 bridgehead atoms. The molecule has 4 nitrogen and oxygen atoms in total. The third kappa shape index (κ3) is 2.78. The zero-order chi connectivity index (χ0) is 14.9. The number of rotatable bonds is 4. The lowest BCUT2D eigenvalue weighted by atomic mass is 9.96. The van der Waals surface area contributed by atoms with E-state index in [0.717, 1.165) is 29.0 Å². The second-order valence-corrected chi connectivity index (χ2v) is 7.76. The van der Waals surface area contributed by atoms with Gasteiger partial charge in [-0.15, -0.1) is 22.7 Å². The van der Waals surface area contributed by atoms with Gasteiger partial charge >= 0.3 is 6.03 Å². The third-order valence-electron chi connectivity index (χ3n) is 4.35. The molecule has 116 valence electrons. The predicted octanol–water partition coefficient (Wildman–Crippen LogP) is 3.52. The molecule has 0 aromatic carbocycles. The number of hydrogen-bond acceptors (Lipinski definition) is 4. The van der Waals surface area contributed by atoms with E-state index in [1.807, 2.05) is 22.9 Å². The topological polar surface area (TPSA) is 50.4 Å². The maximum Gasteiger partial charge on any atom is 0.315 e. The minimum atomic E-state index is -0.104. The normalized spacial score (nSPS) is 26.5. The van der Waals surface area contributed by atoms with Crippen LogP contribution in [0.15, 0.2) is 35.0 Å². The van der Waals surface area contributed by atoms with Crippen LogP contribution in [0.1, 0.15) is 35.1 Å². The van der Waals surface area contributed by atoms with Gasteiger partial charge in [0.25, 0.3) is 0 Å². The molecule has 22 heavy (non-hydrogen) atoms. The number of carbonyl (C=O) groups excluding carboxylic acids is 1. The van der Waals surface area contributed by atoms with Crippen molar-refractivity contribution in [2.24, 2.45) is 0 Å². The van der Waals surface area contributed by atoms with Crippen molar-refractivity contribution in [3.8, 4) is 0 Å². The molecule has 3 atom stereocenters. The Hall–Kier alpha value is -1.37. The lowest BCUT2D eigenvalue weighted by Gasteiger charge is -2.22. The summed E-state index contributed by atoms with van der Waals surface area (Å²) < 4.78 is 5.80. The van der Waals surface area contributed by atoms with Crippen LogP contribution in [0.2, 0.25) is 0 Å². The van der Waals surface area contributed by atoms with Crippen LogP contribution in [-0.4, -0.2) is 24.3 Å². The van der Waals surface area contributed by atoms with Crippen molar-refractivity contribution < 1.29 is 9.53 Å². The van der Waals surface area contributed by atoms with Crippen molar-refractivity contribution in [3.05, 3.63) is 44.8 Å². The second kappa shape index (κ2) is 6.02. The largest absolute Gasteiger partial charge is 0.373 e. The highest BCUT2D eigenvalue weighted by Gasteiger charge is 2.41. The Labute approximate surface area is 137 Å². The van der Waals surface area contributed by atoms with Crippen LogP contribution in [0.5, 0.6) is 0 Å². The number of carbonyl (C=O) groups is 1. The number of ether oxygens (including phenoxy) is 1. The number of amides is 2. The molecular formula is C16H18N2O2S2. The van der Waals surface area contributed by atoms with Gasteiger partial charge in [0.05, 0.1) is 24.3 Å². The molecule has 4 heterocycles. The van der Waals surface area contributed by atoms with Gasteiger partial charge in [-0.1, -0.05) is 12.1 Å². The van der Waals surface area contributed by atoms with Gasteiger partial charge in [0.2, 0.25) is 0 Å². The molecule has 0 unspecified atom stereocenters. The van der Waals surface area contributed by atoms with Gasteiger partial charge in [0.15, 0.2) is 0 Å². The van der Waals surface area contributed by atoms with Crippen LogP contribution in [0, 0.1) is 0 Å². The zero-order valence-electron chi connectivity index (χ0n) is 12.0. The van der Waals surface area contributed by atoms with E-state index in [4.69, 9.17) is 4.74 Å². The lowest BCUT2D eigenvalue weighted by Crippen LogP contribution is -2.47. The van der Waals surface area contributed by atoms with E-state index in [1.165, 1.54) is 0 Å². The Bertz CT molecular complexity index is 592. The van der Waals surface area contributed by atoms with E-state index in [0.29, 0.717) is 6.10 Å². The van der Waals surface area contributed by atoms with Gasteiger partial charge in [-0.3, -0.25) is 0 Å². The molecular weight excluding hydrogens is 316 g/mol. The summed E-state index contributed by atoms with van der Waals surface area (Å²) in [4.78, 5) is 14.7. The fourth-order valence-corrected chi connectivity index (χ4v) is 4.99. The third-order valence-corrected chi connectivity index (χ3v) is 6.23. The average Bonchev–Trinajstić information content (AvgIpc) is 3.28. The molecule has 4 rings (SSSR count). The van der Waals surface area contributed by atoms with Crippen molar-refractivity contribution in [1.82, 2.24) is 10.6 Å². The highest BCUT2D eigenvalue weighted by molar-refractivity contribution is 7.11. The molecule has 6 heteroatoms. The monoisotopic (exact) mass is 334 g/mol. The maximum atomic E-state index is 12.4. The smallest absolute Gasteiger partial charge is 0.315 e. The molecule has 2 aromatic heterocycles. The van der Waals surface area contributed by atoms with E-state index in [2.05, 4.69) is 22.8 Å². The molecule has 0 saturated carbocycles. The lowest BCUT2D eigenvalue weighted by molar-refractivity contribution is 0.0980. The van der Waals surface area contributed by atoms with Gasteiger partial charge in [0, 0.05) is 9.75 Å². The Balaban J connectivity index is 1.44. The Morgan fingerprint density at radius 3 is 2.41 bits per heavy atom. The number of hydrogen-bond donors (Lipinski definition) is 2. The van der Waals surface area contributed by atoms with E-state index in [-0.39, 0.29) is 24.2 Å². The fraction of sp³-hybridized carbons (Fsp3) is 0.438. The van der Waals surface area contributed by atoms with Crippen LogP contribution >= 0.6 is 22.7 Å². The molecule has 2 N–H and O–H groups in total. The fourth-order valence-electron chi connectivity index (χ4n) is 3.32. The van der Waals surface area contributed by atoms with Crippen molar-refractivity contribution in [3.63, 3.8) is 0 Å². The minimum absolute atomic E-state index is 0.0699. The van der Waals surface area contributed by atoms with E-state index in [1.54, 1.807) is 22.7 Å². The Morgan fingerprint density at radius 2 is 1.91 bits per heavy atom. The summed E-state index contributed by atoms with van der Waals surface area (Å²) in [5.41, 5.74) is 0. The van der Waals surface area contributed by atoms with Gasteiger partial charge in [-0.05, 0) is 42.2 Å². The number of urea groups is 1. The summed E-state index contributed by atoms with van der Waals surface area (Å²) in [5.74, 6) is 0. The molecule has 0 radical (unpaired) electrons. The summed E-state index contributed by atoms with van der Waals surface area (Å²) in [7, 11) is 0. The van der Waals surface area contributed by atoms with Gasteiger partial charge in [-0.2, -0.15) is 0 Å². The van der Waals surface area contributed by atoms with E-state index in [9.17, 15) is 4.79 Å². The van der Waals surface area contributed by atoms with Crippen LogP contribution in [0.3, 0.4) is 0 Å². The molecule has 2 saturated heterocycles. The highest BCUT2D eigenvalue weighted by atomic mass is 32.1. The van der Waals surface area contributed by atoms with Gasteiger partial charge in [0.1, 0.15) is 0 Å². The number of fused-ring (bicyclic) bond motifs is 2. The van der Waals surface area contributed by atoms with Crippen LogP contribution < -0.4 is 10.6 Å². The van der Waals surface area contributed by atoms with Gasteiger partial charge in [-0.25, -0.2) is 4.79 Å². The Kier molecular flexibility index (Phi) is 3.90. The van der Waals surface area contributed by atoms with Gasteiger partial charge < -0.3 is 15.4 Å². The standard InChI is InChI=1S/C16H18N2O2S2/c19-16(17-11-9-10-5-6-12(11)20-10)18-15(13-3-1-7-21-13)14-4-2-8-22-14/h1-4,7-8,10-12,15H,5-6,9H2,(H2,17,18,19)/t10-,11+,12-/m1/s1. The first-order valence-corrected chi connectivity index (χ1v) is 9.35. The van der Waals surface area contributed by atoms with Crippen LogP contribution in [-0.2, 0) is 4.74 Å². The zero-order valence-corrected chi connectivity index (χ0v) is 13.7. The van der Waals surface area contributed by atoms with E-state index < -0.39 is 0 Å². The number of nitrogens with one attached hydrogen (secondary N) is 2. The molecule has 0 spiro atoms. The predicted molar refractivity (Wildman–Crippen MR) is 88.4 cm³/mol. The molecule has 2 aromatic rings. The van der Waals surface area contributed by atoms with E-state index >= 15 is 0 Å². The molecule has 2 amide bonds. The molecule has 0 aliphatic carbocycles. The Morgan fingerprint density at radius 1 is 1.18 bits per heavy atom. The van der Waals surface area contributed by atoms with Crippen molar-refractivity contribution >= 4 is 28.7 Å². The summed E-state index contributed by atoms with van der Waals surface area (Å²) >= 11 is 3.33. The number of thiophene rings is 2. The van der Waals surface area contributed by atoms with Crippen molar-refractivity contribution in [2.75, 3.05) is 0 Å². The summed E-state index contributed by atoms with van der Waals surface area (Å²) in [6.45, 7) is 0. The minimum Gasteiger partial charge on any atom is -0.373 e. The van der Waals surface area contributed by atoms with Crippen LogP contribution in [0.25, 0.3) is 0 Å². The van der Waals surface area contributed by atoms with Crippen molar-refractivity contribution in [2.45, 2.75) is 43.6 Å². The average molecular weight is 334 g/mol. The second-order valence-electron chi connectivity index (χ2n) is 5.80. The molecule has 2 aliphatic heterocycles. The first-order valence-electron chi connectivity index (χ1n) is 7.59. The first kappa shape index (κ1) is 14.2. The van der Waals surface area contributed by atoms with Crippen molar-refractivity contribution in [1.29, 1.82) is 0 Å². The summed E-state index contributed by atoms with van der Waals surface area (Å²) in [6, 6.07) is 8.15. The van der Waals surface area contributed by atoms with Crippen LogP contribution in [0.4, 0.5) is 4.79 Å². The summed E-state index contributed by atoms with van der Waals surface area (Å²) in [6.07, 6.45) is 3.70.